The number of nitrogens with one attached hydrogen (secondary N) is 1. The zero-order valence-electron chi connectivity index (χ0n) is 10.2. The van der Waals surface area contributed by atoms with Crippen LogP contribution in [0.3, 0.4) is 0 Å². The number of rotatable bonds is 5. The van der Waals surface area contributed by atoms with Crippen LogP contribution in [0.4, 0.5) is 11.5 Å². The largest absolute Gasteiger partial charge is 0.394 e. The third-order valence-electron chi connectivity index (χ3n) is 2.53. The van der Waals surface area contributed by atoms with E-state index in [0.29, 0.717) is 5.69 Å². The molecule has 1 heterocycles. The number of aliphatic hydroxyl groups is 1. The Hall–Kier alpha value is -1.69. The van der Waals surface area contributed by atoms with Crippen LogP contribution in [-0.4, -0.2) is 27.7 Å². The van der Waals surface area contributed by atoms with E-state index in [0.717, 1.165) is 0 Å². The van der Waals surface area contributed by atoms with Gasteiger partial charge in [0.1, 0.15) is 0 Å². The van der Waals surface area contributed by atoms with E-state index >= 15 is 0 Å². The highest BCUT2D eigenvalue weighted by Crippen LogP contribution is 2.23. The molecule has 0 aliphatic carbocycles. The molecule has 1 aromatic rings. The predicted molar refractivity (Wildman–Crippen MR) is 65.0 cm³/mol. The summed E-state index contributed by atoms with van der Waals surface area (Å²) >= 11 is 0. The number of hydrogen-bond acceptors (Lipinski definition) is 5. The summed E-state index contributed by atoms with van der Waals surface area (Å²) in [6.07, 6.45) is 0. The first-order valence-electron chi connectivity index (χ1n) is 5.45. The Morgan fingerprint density at radius 3 is 2.65 bits per heavy atom. The summed E-state index contributed by atoms with van der Waals surface area (Å²) in [5.74, 6) is 0.365. The lowest BCUT2D eigenvalue weighted by atomic mass is 10.1. The Bertz CT molecular complexity index is 407. The van der Waals surface area contributed by atoms with Gasteiger partial charge in [-0.05, 0) is 18.9 Å². The number of hydrogen-bond donors (Lipinski definition) is 2. The maximum absolute atomic E-state index is 10.8. The number of pyridine rings is 1. The SMILES string of the molecule is Cc1ccc([N+](=O)[O-])c(NC(CO)C(C)C)n1. The first-order chi connectivity index (χ1) is 7.95. The molecule has 0 saturated carbocycles. The van der Waals surface area contributed by atoms with Gasteiger partial charge in [-0.1, -0.05) is 13.8 Å². The van der Waals surface area contributed by atoms with Crippen LogP contribution >= 0.6 is 0 Å². The van der Waals surface area contributed by atoms with E-state index in [9.17, 15) is 15.2 Å². The van der Waals surface area contributed by atoms with Crippen molar-refractivity contribution in [2.24, 2.45) is 5.92 Å². The van der Waals surface area contributed by atoms with Gasteiger partial charge in [-0.15, -0.1) is 0 Å². The van der Waals surface area contributed by atoms with Gasteiger partial charge in [-0.3, -0.25) is 10.1 Å². The normalized spacial score (nSPS) is 12.5. The van der Waals surface area contributed by atoms with Crippen LogP contribution in [0.15, 0.2) is 12.1 Å². The number of aromatic nitrogens is 1. The van der Waals surface area contributed by atoms with Gasteiger partial charge in [-0.2, -0.15) is 0 Å². The highest BCUT2D eigenvalue weighted by Gasteiger charge is 2.20. The molecule has 6 heteroatoms. The molecule has 17 heavy (non-hydrogen) atoms. The summed E-state index contributed by atoms with van der Waals surface area (Å²) in [4.78, 5) is 14.5. The zero-order chi connectivity index (χ0) is 13.0. The van der Waals surface area contributed by atoms with Gasteiger partial charge < -0.3 is 10.4 Å². The number of nitrogens with zero attached hydrogens (tertiary/aromatic N) is 2. The molecule has 0 radical (unpaired) electrons. The summed E-state index contributed by atoms with van der Waals surface area (Å²) in [6.45, 7) is 5.52. The van der Waals surface area contributed by atoms with Crippen LogP contribution in [0.5, 0.6) is 0 Å². The molecule has 1 rings (SSSR count). The Morgan fingerprint density at radius 2 is 2.18 bits per heavy atom. The van der Waals surface area contributed by atoms with Crippen molar-refractivity contribution in [3.8, 4) is 0 Å². The van der Waals surface area contributed by atoms with E-state index in [1.807, 2.05) is 13.8 Å². The number of aliphatic hydroxyl groups excluding tert-OH is 1. The monoisotopic (exact) mass is 239 g/mol. The smallest absolute Gasteiger partial charge is 0.311 e. The van der Waals surface area contributed by atoms with E-state index in [1.165, 1.54) is 6.07 Å². The molecular formula is C11H17N3O3. The average Bonchev–Trinajstić information content (AvgIpc) is 2.25. The fraction of sp³-hybridized carbons (Fsp3) is 0.545. The fourth-order valence-corrected chi connectivity index (χ4v) is 1.40. The minimum absolute atomic E-state index is 0.0744. The van der Waals surface area contributed by atoms with Gasteiger partial charge in [0.25, 0.3) is 0 Å². The topological polar surface area (TPSA) is 88.3 Å². The minimum atomic E-state index is -0.483. The Labute approximate surface area is 99.8 Å². The van der Waals surface area contributed by atoms with Crippen LogP contribution in [0.25, 0.3) is 0 Å². The first-order valence-corrected chi connectivity index (χ1v) is 5.45. The van der Waals surface area contributed by atoms with Crippen molar-refractivity contribution in [2.45, 2.75) is 26.8 Å². The quantitative estimate of drug-likeness (QED) is 0.603. The van der Waals surface area contributed by atoms with Gasteiger partial charge in [-0.25, -0.2) is 4.98 Å². The van der Waals surface area contributed by atoms with Crippen molar-refractivity contribution in [3.05, 3.63) is 27.9 Å². The average molecular weight is 239 g/mol. The lowest BCUT2D eigenvalue weighted by molar-refractivity contribution is -0.384. The maximum Gasteiger partial charge on any atom is 0.311 e. The molecule has 2 N–H and O–H groups in total. The molecule has 0 fully saturated rings. The second kappa shape index (κ2) is 5.58. The van der Waals surface area contributed by atoms with E-state index in [1.54, 1.807) is 13.0 Å². The maximum atomic E-state index is 10.8. The van der Waals surface area contributed by atoms with Crippen molar-refractivity contribution in [1.29, 1.82) is 0 Å². The second-order valence-corrected chi connectivity index (χ2v) is 4.25. The molecule has 1 atom stereocenters. The van der Waals surface area contributed by atoms with Crippen LogP contribution in [-0.2, 0) is 0 Å². The molecule has 6 nitrogen and oxygen atoms in total. The zero-order valence-corrected chi connectivity index (χ0v) is 10.2. The van der Waals surface area contributed by atoms with E-state index < -0.39 is 4.92 Å². The molecule has 1 aromatic heterocycles. The van der Waals surface area contributed by atoms with Gasteiger partial charge in [0.15, 0.2) is 0 Å². The highest BCUT2D eigenvalue weighted by molar-refractivity contribution is 5.56. The predicted octanol–water partition coefficient (Wildman–Crippen LogP) is 1.73. The first kappa shape index (κ1) is 13.4. The summed E-state index contributed by atoms with van der Waals surface area (Å²) < 4.78 is 0. The second-order valence-electron chi connectivity index (χ2n) is 4.25. The number of anilines is 1. The lowest BCUT2D eigenvalue weighted by Gasteiger charge is -2.20. The third kappa shape index (κ3) is 3.39. The van der Waals surface area contributed by atoms with Crippen LogP contribution in [0.1, 0.15) is 19.5 Å². The molecule has 0 aromatic carbocycles. The standard InChI is InChI=1S/C11H17N3O3/c1-7(2)9(6-15)13-11-10(14(16)17)5-4-8(3)12-11/h4-5,7,9,15H,6H2,1-3H3,(H,12,13). The summed E-state index contributed by atoms with van der Waals surface area (Å²) in [7, 11) is 0. The Morgan fingerprint density at radius 1 is 1.53 bits per heavy atom. The summed E-state index contributed by atoms with van der Waals surface area (Å²) in [6, 6.07) is 2.76. The van der Waals surface area contributed by atoms with Crippen molar-refractivity contribution in [3.63, 3.8) is 0 Å². The Balaban J connectivity index is 3.03. The van der Waals surface area contributed by atoms with Crippen LogP contribution < -0.4 is 5.32 Å². The molecule has 94 valence electrons. The van der Waals surface area contributed by atoms with Crippen molar-refractivity contribution in [2.75, 3.05) is 11.9 Å². The van der Waals surface area contributed by atoms with Crippen molar-refractivity contribution < 1.29 is 10.0 Å². The van der Waals surface area contributed by atoms with E-state index in [4.69, 9.17) is 0 Å². The number of nitro groups is 1. The van der Waals surface area contributed by atoms with Gasteiger partial charge in [0.05, 0.1) is 17.6 Å². The summed E-state index contributed by atoms with van der Waals surface area (Å²) in [5, 5.41) is 22.9. The molecule has 0 spiro atoms. The number of aryl methyl sites for hydroxylation is 1. The Kier molecular flexibility index (Phi) is 4.39. The van der Waals surface area contributed by atoms with Gasteiger partial charge in [0, 0.05) is 11.8 Å². The van der Waals surface area contributed by atoms with Crippen molar-refractivity contribution in [1.82, 2.24) is 4.98 Å². The van der Waals surface area contributed by atoms with E-state index in [2.05, 4.69) is 10.3 Å². The third-order valence-corrected chi connectivity index (χ3v) is 2.53. The van der Waals surface area contributed by atoms with Crippen LogP contribution in [0.2, 0.25) is 0 Å². The van der Waals surface area contributed by atoms with Crippen LogP contribution in [0, 0.1) is 23.0 Å². The molecular weight excluding hydrogens is 222 g/mol. The molecule has 1 unspecified atom stereocenters. The molecule has 0 aliphatic heterocycles. The molecule has 0 saturated heterocycles. The lowest BCUT2D eigenvalue weighted by Crippen LogP contribution is -2.30. The summed E-state index contributed by atoms with van der Waals surface area (Å²) in [5.41, 5.74) is 0.619. The van der Waals surface area contributed by atoms with E-state index in [-0.39, 0.29) is 30.1 Å². The highest BCUT2D eigenvalue weighted by atomic mass is 16.6. The van der Waals surface area contributed by atoms with Gasteiger partial charge >= 0.3 is 5.69 Å². The fourth-order valence-electron chi connectivity index (χ4n) is 1.40. The molecule has 0 amide bonds. The van der Waals surface area contributed by atoms with Gasteiger partial charge in [0.2, 0.25) is 5.82 Å². The molecule has 0 aliphatic rings. The minimum Gasteiger partial charge on any atom is -0.394 e. The molecule has 0 bridgehead atoms. The van der Waals surface area contributed by atoms with Crippen molar-refractivity contribution >= 4 is 11.5 Å².